The minimum atomic E-state index is 0.625. The van der Waals surface area contributed by atoms with Crippen LogP contribution in [-0.4, -0.2) is 19.9 Å². The number of rotatable bonds is 7. The molecule has 0 fully saturated rings. The third-order valence-corrected chi connectivity index (χ3v) is 4.32. The summed E-state index contributed by atoms with van der Waals surface area (Å²) in [5.74, 6) is 2.14. The monoisotopic (exact) mass is 437 g/mol. The molecule has 0 spiro atoms. The van der Waals surface area contributed by atoms with Crippen molar-refractivity contribution in [3.8, 4) is 11.5 Å². The first-order valence-electron chi connectivity index (χ1n) is 8.10. The zero-order valence-electron chi connectivity index (χ0n) is 14.7. The molecule has 0 atom stereocenters. The summed E-state index contributed by atoms with van der Waals surface area (Å²) in [5.41, 5.74) is 3.13. The van der Waals surface area contributed by atoms with E-state index in [0.29, 0.717) is 12.5 Å². The van der Waals surface area contributed by atoms with Crippen LogP contribution >= 0.6 is 22.6 Å². The fourth-order valence-electron chi connectivity index (χ4n) is 2.20. The third kappa shape index (κ3) is 5.51. The molecular formula is C20H24INO2. The molecule has 2 aromatic rings. The maximum Gasteiger partial charge on any atom is 0.161 e. The van der Waals surface area contributed by atoms with Gasteiger partial charge < -0.3 is 9.47 Å². The van der Waals surface area contributed by atoms with E-state index in [-0.39, 0.29) is 0 Å². The van der Waals surface area contributed by atoms with Crippen LogP contribution in [0.4, 0.5) is 5.69 Å². The van der Waals surface area contributed by atoms with Gasteiger partial charge in [-0.15, -0.1) is 0 Å². The normalized spacial score (nSPS) is 11.2. The second-order valence-electron chi connectivity index (χ2n) is 6.13. The highest BCUT2D eigenvalue weighted by Gasteiger charge is 2.06. The van der Waals surface area contributed by atoms with Gasteiger partial charge in [0.15, 0.2) is 11.5 Å². The maximum atomic E-state index is 5.82. The van der Waals surface area contributed by atoms with Crippen LogP contribution in [0.2, 0.25) is 0 Å². The number of aryl methyl sites for hydroxylation is 1. The van der Waals surface area contributed by atoms with Crippen molar-refractivity contribution >= 4 is 34.5 Å². The van der Waals surface area contributed by atoms with Gasteiger partial charge in [0.1, 0.15) is 0 Å². The molecule has 0 bridgehead atoms. The van der Waals surface area contributed by atoms with Crippen LogP contribution < -0.4 is 9.47 Å². The second kappa shape index (κ2) is 9.06. The van der Waals surface area contributed by atoms with Gasteiger partial charge in [-0.05, 0) is 89.4 Å². The lowest BCUT2D eigenvalue weighted by Gasteiger charge is -2.12. The number of aliphatic imine (C=N–C) groups is 1. The predicted octanol–water partition coefficient (Wildman–Crippen LogP) is 5.78. The van der Waals surface area contributed by atoms with Gasteiger partial charge in [-0.3, -0.25) is 4.99 Å². The topological polar surface area (TPSA) is 30.8 Å². The number of ether oxygens (including phenoxy) is 2. The van der Waals surface area contributed by atoms with Gasteiger partial charge in [0.25, 0.3) is 0 Å². The molecule has 2 rings (SSSR count). The summed E-state index contributed by atoms with van der Waals surface area (Å²) >= 11 is 2.31. The summed E-state index contributed by atoms with van der Waals surface area (Å²) < 4.78 is 12.5. The SMILES string of the molecule is COc1cc(C=Nc2ccc(I)cc2C)ccc1OCCC(C)C. The molecule has 0 saturated carbocycles. The first kappa shape index (κ1) is 18.8. The molecule has 2 aromatic carbocycles. The lowest BCUT2D eigenvalue weighted by molar-refractivity contribution is 0.273. The van der Waals surface area contributed by atoms with E-state index in [9.17, 15) is 0 Å². The van der Waals surface area contributed by atoms with Crippen molar-refractivity contribution in [3.63, 3.8) is 0 Å². The molecule has 24 heavy (non-hydrogen) atoms. The van der Waals surface area contributed by atoms with E-state index in [0.717, 1.165) is 29.2 Å². The van der Waals surface area contributed by atoms with Crippen LogP contribution in [0.5, 0.6) is 11.5 Å². The van der Waals surface area contributed by atoms with Crippen LogP contribution in [0.15, 0.2) is 41.4 Å². The van der Waals surface area contributed by atoms with Gasteiger partial charge in [-0.25, -0.2) is 0 Å². The van der Waals surface area contributed by atoms with Crippen LogP contribution in [-0.2, 0) is 0 Å². The largest absolute Gasteiger partial charge is 0.493 e. The van der Waals surface area contributed by atoms with Crippen LogP contribution in [0.1, 0.15) is 31.4 Å². The Morgan fingerprint density at radius 2 is 1.92 bits per heavy atom. The molecule has 0 aromatic heterocycles. The van der Waals surface area contributed by atoms with E-state index < -0.39 is 0 Å². The molecule has 128 valence electrons. The number of hydrogen-bond acceptors (Lipinski definition) is 3. The highest BCUT2D eigenvalue weighted by Crippen LogP contribution is 2.28. The number of methoxy groups -OCH3 is 1. The van der Waals surface area contributed by atoms with Crippen molar-refractivity contribution in [2.75, 3.05) is 13.7 Å². The lowest BCUT2D eigenvalue weighted by atomic mass is 10.1. The average Bonchev–Trinajstić information content (AvgIpc) is 2.54. The second-order valence-corrected chi connectivity index (χ2v) is 7.38. The molecule has 0 unspecified atom stereocenters. The third-order valence-electron chi connectivity index (χ3n) is 3.65. The predicted molar refractivity (Wildman–Crippen MR) is 109 cm³/mol. The summed E-state index contributed by atoms with van der Waals surface area (Å²) in [6.45, 7) is 7.14. The Morgan fingerprint density at radius 3 is 2.58 bits per heavy atom. The molecule has 0 radical (unpaired) electrons. The Hall–Kier alpha value is -1.56. The Morgan fingerprint density at radius 1 is 1.12 bits per heavy atom. The van der Waals surface area contributed by atoms with Crippen molar-refractivity contribution in [2.45, 2.75) is 27.2 Å². The molecule has 0 aliphatic rings. The molecule has 4 heteroatoms. The minimum Gasteiger partial charge on any atom is -0.493 e. The van der Waals surface area contributed by atoms with Crippen molar-refractivity contribution in [2.24, 2.45) is 10.9 Å². The summed E-state index contributed by atoms with van der Waals surface area (Å²) in [4.78, 5) is 4.58. The van der Waals surface area contributed by atoms with E-state index >= 15 is 0 Å². The van der Waals surface area contributed by atoms with Gasteiger partial charge in [0, 0.05) is 9.78 Å². The van der Waals surface area contributed by atoms with Crippen molar-refractivity contribution in [1.82, 2.24) is 0 Å². The Bertz CT molecular complexity index is 711. The molecule has 0 aliphatic carbocycles. The molecule has 0 amide bonds. The summed E-state index contributed by atoms with van der Waals surface area (Å²) in [6.07, 6.45) is 2.88. The number of benzene rings is 2. The van der Waals surface area contributed by atoms with E-state index in [1.165, 1.54) is 9.13 Å². The standard InChI is InChI=1S/C20H24INO2/c1-14(2)9-10-24-19-8-5-16(12-20(19)23-4)13-22-18-7-6-17(21)11-15(18)3/h5-8,11-14H,9-10H2,1-4H3. The quantitative estimate of drug-likeness (QED) is 0.406. The van der Waals surface area contributed by atoms with E-state index in [2.05, 4.69) is 60.5 Å². The Balaban J connectivity index is 2.12. The summed E-state index contributed by atoms with van der Waals surface area (Å²) in [7, 11) is 1.66. The Kier molecular flexibility index (Phi) is 7.09. The first-order chi connectivity index (χ1) is 11.5. The van der Waals surface area contributed by atoms with Crippen molar-refractivity contribution in [3.05, 3.63) is 51.1 Å². The molecular weight excluding hydrogens is 413 g/mol. The number of nitrogens with zero attached hydrogens (tertiary/aromatic N) is 1. The first-order valence-corrected chi connectivity index (χ1v) is 9.18. The fraction of sp³-hybridized carbons (Fsp3) is 0.350. The molecule has 0 N–H and O–H groups in total. The van der Waals surface area contributed by atoms with Gasteiger partial charge in [0.2, 0.25) is 0 Å². The Labute approximate surface area is 158 Å². The number of hydrogen-bond donors (Lipinski definition) is 0. The highest BCUT2D eigenvalue weighted by molar-refractivity contribution is 14.1. The maximum absolute atomic E-state index is 5.82. The van der Waals surface area contributed by atoms with Crippen LogP contribution in [0.25, 0.3) is 0 Å². The number of halogens is 1. The lowest BCUT2D eigenvalue weighted by Crippen LogP contribution is -2.03. The van der Waals surface area contributed by atoms with E-state index in [1.54, 1.807) is 7.11 Å². The van der Waals surface area contributed by atoms with E-state index in [1.807, 2.05) is 30.5 Å². The molecule has 0 saturated heterocycles. The zero-order chi connectivity index (χ0) is 17.5. The fourth-order valence-corrected chi connectivity index (χ4v) is 2.84. The van der Waals surface area contributed by atoms with Crippen molar-refractivity contribution < 1.29 is 9.47 Å². The summed E-state index contributed by atoms with van der Waals surface area (Å²) in [5, 5.41) is 0. The van der Waals surface area contributed by atoms with Gasteiger partial charge in [-0.2, -0.15) is 0 Å². The summed E-state index contributed by atoms with van der Waals surface area (Å²) in [6, 6.07) is 12.1. The minimum absolute atomic E-state index is 0.625. The van der Waals surface area contributed by atoms with Crippen LogP contribution in [0, 0.1) is 16.4 Å². The smallest absolute Gasteiger partial charge is 0.161 e. The van der Waals surface area contributed by atoms with Gasteiger partial charge in [-0.1, -0.05) is 13.8 Å². The van der Waals surface area contributed by atoms with Crippen molar-refractivity contribution in [1.29, 1.82) is 0 Å². The van der Waals surface area contributed by atoms with Gasteiger partial charge in [0.05, 0.1) is 19.4 Å². The van der Waals surface area contributed by atoms with E-state index in [4.69, 9.17) is 9.47 Å². The van der Waals surface area contributed by atoms with Crippen LogP contribution in [0.3, 0.4) is 0 Å². The molecule has 3 nitrogen and oxygen atoms in total. The zero-order valence-corrected chi connectivity index (χ0v) is 16.8. The molecule has 0 heterocycles. The highest BCUT2D eigenvalue weighted by atomic mass is 127. The molecule has 0 aliphatic heterocycles. The van der Waals surface area contributed by atoms with Gasteiger partial charge >= 0.3 is 0 Å². The average molecular weight is 437 g/mol.